The number of carbonyl (C=O) groups excluding carboxylic acids is 2. The Hall–Kier alpha value is -1.82. The molecule has 0 radical (unpaired) electrons. The second-order valence-electron chi connectivity index (χ2n) is 5.80. The summed E-state index contributed by atoms with van der Waals surface area (Å²) in [5, 5.41) is 5.12. The van der Waals surface area contributed by atoms with Crippen LogP contribution >= 0.6 is 0 Å². The normalized spacial score (nSPS) is 17.5. The summed E-state index contributed by atoms with van der Waals surface area (Å²) in [5.74, 6) is -1.17. The number of aryl methyl sites for hydroxylation is 1. The van der Waals surface area contributed by atoms with E-state index in [9.17, 15) is 9.59 Å². The maximum atomic E-state index is 11.7. The van der Waals surface area contributed by atoms with Gasteiger partial charge in [-0.05, 0) is 38.1 Å². The molecule has 1 aromatic heterocycles. The molecule has 0 spiro atoms. The maximum Gasteiger partial charge on any atom is 0.309 e. The number of aromatic nitrogens is 1. The van der Waals surface area contributed by atoms with E-state index in [1.54, 1.807) is 0 Å². The highest BCUT2D eigenvalue weighted by molar-refractivity contribution is 6.35. The number of likely N-dealkylation sites (tertiary alicyclic amines) is 1. The highest BCUT2D eigenvalue weighted by atomic mass is 16.2. The molecule has 2 rings (SSSR count). The molecule has 2 heterocycles. The number of nitrogens with zero attached hydrogens (tertiary/aromatic N) is 2. The zero-order valence-corrected chi connectivity index (χ0v) is 13.5. The van der Waals surface area contributed by atoms with Crippen molar-refractivity contribution in [3.05, 3.63) is 24.0 Å². The molecular weight excluding hydrogens is 280 g/mol. The third-order valence-corrected chi connectivity index (χ3v) is 4.30. The predicted molar refractivity (Wildman–Crippen MR) is 85.3 cm³/mol. The second kappa shape index (κ2) is 7.98. The van der Waals surface area contributed by atoms with Crippen LogP contribution < -0.4 is 10.6 Å². The molecule has 6 nitrogen and oxygen atoms in total. The molecule has 0 aromatic carbocycles. The van der Waals surface area contributed by atoms with Crippen molar-refractivity contribution in [2.75, 3.05) is 26.7 Å². The van der Waals surface area contributed by atoms with Gasteiger partial charge < -0.3 is 15.2 Å². The van der Waals surface area contributed by atoms with E-state index in [-0.39, 0.29) is 6.04 Å². The van der Waals surface area contributed by atoms with Crippen molar-refractivity contribution >= 4 is 11.8 Å². The molecule has 0 bridgehead atoms. The third-order valence-electron chi connectivity index (χ3n) is 4.30. The van der Waals surface area contributed by atoms with Gasteiger partial charge in [0.2, 0.25) is 0 Å². The summed E-state index contributed by atoms with van der Waals surface area (Å²) in [6, 6.07) is 4.20. The zero-order chi connectivity index (χ0) is 15.9. The number of carbonyl (C=O) groups is 2. The Morgan fingerprint density at radius 1 is 1.18 bits per heavy atom. The van der Waals surface area contributed by atoms with Gasteiger partial charge in [0, 0.05) is 32.5 Å². The molecule has 1 saturated heterocycles. The van der Waals surface area contributed by atoms with E-state index in [0.29, 0.717) is 6.54 Å². The highest BCUT2D eigenvalue weighted by Crippen LogP contribution is 2.23. The van der Waals surface area contributed by atoms with Crippen molar-refractivity contribution in [1.29, 1.82) is 0 Å². The average molecular weight is 306 g/mol. The van der Waals surface area contributed by atoms with Gasteiger partial charge in [-0.15, -0.1) is 0 Å². The molecule has 1 aromatic rings. The fourth-order valence-corrected chi connectivity index (χ4v) is 3.03. The number of nitrogens with one attached hydrogen (secondary N) is 2. The van der Waals surface area contributed by atoms with Gasteiger partial charge in [0.1, 0.15) is 0 Å². The van der Waals surface area contributed by atoms with Crippen LogP contribution in [0.1, 0.15) is 37.4 Å². The Balaban J connectivity index is 2.09. The highest BCUT2D eigenvalue weighted by Gasteiger charge is 2.24. The van der Waals surface area contributed by atoms with Gasteiger partial charge in [-0.2, -0.15) is 0 Å². The Bertz CT molecular complexity index is 504. The predicted octanol–water partition coefficient (Wildman–Crippen LogP) is 0.804. The quantitative estimate of drug-likeness (QED) is 0.809. The lowest BCUT2D eigenvalue weighted by atomic mass is 10.1. The van der Waals surface area contributed by atoms with Crippen molar-refractivity contribution in [3.63, 3.8) is 0 Å². The summed E-state index contributed by atoms with van der Waals surface area (Å²) in [6.07, 6.45) is 6.91. The first-order chi connectivity index (χ1) is 10.6. The number of rotatable bonds is 4. The SMILES string of the molecule is CNC(=O)C(=O)NCC(c1cccn1C)N1CCCCCC1. The Morgan fingerprint density at radius 2 is 1.86 bits per heavy atom. The molecule has 1 fully saturated rings. The van der Waals surface area contributed by atoms with Crippen LogP contribution in [0.4, 0.5) is 0 Å². The number of amides is 2. The van der Waals surface area contributed by atoms with Crippen LogP contribution in [-0.4, -0.2) is 48.0 Å². The Labute approximate surface area is 131 Å². The molecule has 0 aliphatic carbocycles. The van der Waals surface area contributed by atoms with Gasteiger partial charge in [-0.3, -0.25) is 14.5 Å². The fourth-order valence-electron chi connectivity index (χ4n) is 3.03. The Morgan fingerprint density at radius 3 is 2.41 bits per heavy atom. The van der Waals surface area contributed by atoms with Gasteiger partial charge in [-0.25, -0.2) is 0 Å². The van der Waals surface area contributed by atoms with E-state index in [0.717, 1.165) is 13.1 Å². The minimum absolute atomic E-state index is 0.103. The van der Waals surface area contributed by atoms with Gasteiger partial charge in [0.25, 0.3) is 0 Å². The summed E-state index contributed by atoms with van der Waals surface area (Å²) in [6.45, 7) is 2.52. The van der Waals surface area contributed by atoms with Gasteiger partial charge in [0.15, 0.2) is 0 Å². The molecule has 6 heteroatoms. The van der Waals surface area contributed by atoms with Crippen molar-refractivity contribution in [1.82, 2.24) is 20.1 Å². The zero-order valence-electron chi connectivity index (χ0n) is 13.5. The number of likely N-dealkylation sites (N-methyl/N-ethyl adjacent to an activating group) is 1. The van der Waals surface area contributed by atoms with E-state index in [1.165, 1.54) is 38.4 Å². The first-order valence-corrected chi connectivity index (χ1v) is 7.98. The first-order valence-electron chi connectivity index (χ1n) is 7.98. The molecule has 22 heavy (non-hydrogen) atoms. The van der Waals surface area contributed by atoms with Crippen molar-refractivity contribution in [3.8, 4) is 0 Å². The topological polar surface area (TPSA) is 66.4 Å². The van der Waals surface area contributed by atoms with Crippen LogP contribution in [-0.2, 0) is 16.6 Å². The van der Waals surface area contributed by atoms with Crippen LogP contribution in [0, 0.1) is 0 Å². The van der Waals surface area contributed by atoms with Crippen molar-refractivity contribution in [2.24, 2.45) is 7.05 Å². The van der Waals surface area contributed by atoms with E-state index >= 15 is 0 Å². The van der Waals surface area contributed by atoms with E-state index in [1.807, 2.05) is 19.3 Å². The minimum Gasteiger partial charge on any atom is -0.353 e. The standard InChI is InChI=1S/C16H26N4O2/c1-17-15(21)16(22)18-12-14(13-8-7-9-19(13)2)20-10-5-3-4-6-11-20/h7-9,14H,3-6,10-12H2,1-2H3,(H,17,21)(H,18,22). The summed E-state index contributed by atoms with van der Waals surface area (Å²) >= 11 is 0. The van der Waals surface area contributed by atoms with Crippen LogP contribution in [0.2, 0.25) is 0 Å². The summed E-state index contributed by atoms with van der Waals surface area (Å²) in [4.78, 5) is 25.5. The third kappa shape index (κ3) is 4.10. The van der Waals surface area contributed by atoms with Crippen LogP contribution in [0.3, 0.4) is 0 Å². The van der Waals surface area contributed by atoms with Gasteiger partial charge in [-0.1, -0.05) is 12.8 Å². The Kier molecular flexibility index (Phi) is 6.00. The van der Waals surface area contributed by atoms with E-state index in [2.05, 4.69) is 26.2 Å². The largest absolute Gasteiger partial charge is 0.353 e. The summed E-state index contributed by atoms with van der Waals surface area (Å²) in [7, 11) is 3.48. The molecular formula is C16H26N4O2. The lowest BCUT2D eigenvalue weighted by Crippen LogP contribution is -2.44. The van der Waals surface area contributed by atoms with Crippen molar-refractivity contribution in [2.45, 2.75) is 31.7 Å². The lowest BCUT2D eigenvalue weighted by molar-refractivity contribution is -0.139. The molecule has 1 unspecified atom stereocenters. The molecule has 2 amide bonds. The monoisotopic (exact) mass is 306 g/mol. The molecule has 2 N–H and O–H groups in total. The minimum atomic E-state index is -0.596. The molecule has 0 saturated carbocycles. The molecule has 1 aliphatic heterocycles. The molecule has 1 atom stereocenters. The van der Waals surface area contributed by atoms with Gasteiger partial charge in [0.05, 0.1) is 6.04 Å². The van der Waals surface area contributed by atoms with Crippen LogP contribution in [0.15, 0.2) is 18.3 Å². The van der Waals surface area contributed by atoms with Crippen molar-refractivity contribution < 1.29 is 9.59 Å². The summed E-state index contributed by atoms with van der Waals surface area (Å²) < 4.78 is 2.08. The van der Waals surface area contributed by atoms with E-state index < -0.39 is 11.8 Å². The van der Waals surface area contributed by atoms with Crippen LogP contribution in [0.25, 0.3) is 0 Å². The lowest BCUT2D eigenvalue weighted by Gasteiger charge is -2.31. The number of hydrogen-bond donors (Lipinski definition) is 2. The van der Waals surface area contributed by atoms with E-state index in [4.69, 9.17) is 0 Å². The molecule has 122 valence electrons. The molecule has 1 aliphatic rings. The van der Waals surface area contributed by atoms with Crippen LogP contribution in [0.5, 0.6) is 0 Å². The smallest absolute Gasteiger partial charge is 0.309 e. The first kappa shape index (κ1) is 16.5. The fraction of sp³-hybridized carbons (Fsp3) is 0.625. The average Bonchev–Trinajstić information content (AvgIpc) is 2.78. The second-order valence-corrected chi connectivity index (χ2v) is 5.80. The van der Waals surface area contributed by atoms with Gasteiger partial charge >= 0.3 is 11.8 Å². The number of hydrogen-bond acceptors (Lipinski definition) is 3. The summed E-state index contributed by atoms with van der Waals surface area (Å²) in [5.41, 5.74) is 1.17. The maximum absolute atomic E-state index is 11.7.